The maximum Gasteiger partial charge on any atom is 0.257 e. The standard InChI is InChI=1S/C24H25N7O3/c1-33-19-10-6-9-18(21(19)34-2)24(32)30-13-11-29(12-14-30)22-20-23(26-16-25-22)31(28-27-20)15-17-7-4-3-5-8-17/h3-10,16H,11-15H2,1-2H3. The van der Waals surface area contributed by atoms with Crippen molar-refractivity contribution in [1.29, 1.82) is 0 Å². The van der Waals surface area contributed by atoms with E-state index in [9.17, 15) is 4.79 Å². The van der Waals surface area contributed by atoms with Crippen molar-refractivity contribution in [2.24, 2.45) is 0 Å². The third-order valence-electron chi connectivity index (χ3n) is 5.96. The SMILES string of the molecule is COc1cccc(C(=O)N2CCN(c3ncnc4c3nnn4Cc3ccccc3)CC2)c1OC. The highest BCUT2D eigenvalue weighted by Crippen LogP contribution is 2.32. The van der Waals surface area contributed by atoms with Crippen LogP contribution in [0.15, 0.2) is 54.9 Å². The molecule has 10 heteroatoms. The molecule has 1 fully saturated rings. The van der Waals surface area contributed by atoms with Crippen molar-refractivity contribution in [2.75, 3.05) is 45.3 Å². The minimum Gasteiger partial charge on any atom is -0.493 e. The molecule has 1 saturated heterocycles. The maximum atomic E-state index is 13.2. The molecule has 0 radical (unpaired) electrons. The van der Waals surface area contributed by atoms with Crippen LogP contribution in [0.4, 0.5) is 5.82 Å². The summed E-state index contributed by atoms with van der Waals surface area (Å²) in [5.74, 6) is 1.63. The number of fused-ring (bicyclic) bond motifs is 1. The molecule has 1 aliphatic heterocycles. The third-order valence-corrected chi connectivity index (χ3v) is 5.96. The van der Waals surface area contributed by atoms with Crippen molar-refractivity contribution in [3.8, 4) is 11.5 Å². The maximum absolute atomic E-state index is 13.2. The summed E-state index contributed by atoms with van der Waals surface area (Å²) in [6.45, 7) is 2.91. The van der Waals surface area contributed by atoms with Crippen molar-refractivity contribution in [3.63, 3.8) is 0 Å². The predicted octanol–water partition coefficient (Wildman–Crippen LogP) is 2.25. The summed E-state index contributed by atoms with van der Waals surface area (Å²) in [4.78, 5) is 26.1. The second kappa shape index (κ2) is 9.34. The van der Waals surface area contributed by atoms with Crippen LogP contribution in [0.1, 0.15) is 15.9 Å². The molecule has 0 unspecified atom stereocenters. The molecule has 0 spiro atoms. The number of rotatable bonds is 6. The van der Waals surface area contributed by atoms with Gasteiger partial charge in [0.05, 0.1) is 26.3 Å². The molecule has 34 heavy (non-hydrogen) atoms. The summed E-state index contributed by atoms with van der Waals surface area (Å²) in [7, 11) is 3.10. The summed E-state index contributed by atoms with van der Waals surface area (Å²) in [6, 6.07) is 15.4. The van der Waals surface area contributed by atoms with Crippen LogP contribution in [0.25, 0.3) is 11.2 Å². The monoisotopic (exact) mass is 459 g/mol. The molecule has 0 N–H and O–H groups in total. The van der Waals surface area contributed by atoms with E-state index in [2.05, 4.69) is 25.2 Å². The number of piperazine rings is 1. The van der Waals surface area contributed by atoms with Gasteiger partial charge in [0.2, 0.25) is 0 Å². The van der Waals surface area contributed by atoms with Crippen molar-refractivity contribution in [2.45, 2.75) is 6.54 Å². The van der Waals surface area contributed by atoms with E-state index in [0.717, 1.165) is 11.4 Å². The Morgan fingerprint density at radius 1 is 0.941 bits per heavy atom. The molecular weight excluding hydrogens is 434 g/mol. The number of ether oxygens (including phenoxy) is 2. The summed E-state index contributed by atoms with van der Waals surface area (Å²) in [5, 5.41) is 8.68. The van der Waals surface area contributed by atoms with Gasteiger partial charge in [-0.25, -0.2) is 14.6 Å². The first-order chi connectivity index (χ1) is 16.7. The lowest BCUT2D eigenvalue weighted by molar-refractivity contribution is 0.0742. The van der Waals surface area contributed by atoms with Gasteiger partial charge in [-0.05, 0) is 17.7 Å². The normalized spacial score (nSPS) is 13.8. The van der Waals surface area contributed by atoms with Crippen molar-refractivity contribution >= 4 is 22.9 Å². The molecule has 174 valence electrons. The zero-order valence-electron chi connectivity index (χ0n) is 19.1. The van der Waals surface area contributed by atoms with E-state index in [1.807, 2.05) is 35.2 Å². The van der Waals surface area contributed by atoms with Crippen LogP contribution in [0.3, 0.4) is 0 Å². The van der Waals surface area contributed by atoms with Crippen LogP contribution >= 0.6 is 0 Å². The molecule has 10 nitrogen and oxygen atoms in total. The average molecular weight is 460 g/mol. The number of methoxy groups -OCH3 is 2. The zero-order valence-corrected chi connectivity index (χ0v) is 19.1. The highest BCUT2D eigenvalue weighted by atomic mass is 16.5. The van der Waals surface area contributed by atoms with Crippen molar-refractivity contribution in [3.05, 3.63) is 66.0 Å². The van der Waals surface area contributed by atoms with E-state index in [-0.39, 0.29) is 5.91 Å². The van der Waals surface area contributed by atoms with Gasteiger partial charge in [-0.3, -0.25) is 4.79 Å². The van der Waals surface area contributed by atoms with Gasteiger partial charge >= 0.3 is 0 Å². The molecule has 2 aromatic heterocycles. The van der Waals surface area contributed by atoms with Gasteiger partial charge in [0.25, 0.3) is 5.91 Å². The molecule has 0 atom stereocenters. The lowest BCUT2D eigenvalue weighted by atomic mass is 10.1. The molecule has 0 bridgehead atoms. The molecule has 0 aliphatic carbocycles. The summed E-state index contributed by atoms with van der Waals surface area (Å²) in [6.07, 6.45) is 1.54. The van der Waals surface area contributed by atoms with Gasteiger partial charge in [-0.15, -0.1) is 5.10 Å². The number of carbonyl (C=O) groups is 1. The van der Waals surface area contributed by atoms with Gasteiger partial charge in [-0.1, -0.05) is 41.6 Å². The lowest BCUT2D eigenvalue weighted by Crippen LogP contribution is -2.49. The van der Waals surface area contributed by atoms with E-state index >= 15 is 0 Å². The number of hydrogen-bond donors (Lipinski definition) is 0. The van der Waals surface area contributed by atoms with Crippen LogP contribution < -0.4 is 14.4 Å². The van der Waals surface area contributed by atoms with E-state index in [1.165, 1.54) is 7.11 Å². The van der Waals surface area contributed by atoms with Crippen LogP contribution in [0.5, 0.6) is 11.5 Å². The van der Waals surface area contributed by atoms with Crippen LogP contribution in [-0.4, -0.2) is 76.2 Å². The number of para-hydroxylation sites is 1. The van der Waals surface area contributed by atoms with E-state index in [0.29, 0.717) is 61.0 Å². The van der Waals surface area contributed by atoms with Gasteiger partial charge in [0.1, 0.15) is 6.33 Å². The number of amides is 1. The van der Waals surface area contributed by atoms with E-state index in [4.69, 9.17) is 9.47 Å². The minimum atomic E-state index is -0.0861. The Balaban J connectivity index is 1.32. The first-order valence-electron chi connectivity index (χ1n) is 11.0. The smallest absolute Gasteiger partial charge is 0.257 e. The fourth-order valence-electron chi connectivity index (χ4n) is 4.22. The predicted molar refractivity (Wildman–Crippen MR) is 126 cm³/mol. The quantitative estimate of drug-likeness (QED) is 0.433. The van der Waals surface area contributed by atoms with Gasteiger partial charge in [0, 0.05) is 26.2 Å². The Hall–Kier alpha value is -4.21. The Labute approximate surface area is 196 Å². The summed E-state index contributed by atoms with van der Waals surface area (Å²) >= 11 is 0. The van der Waals surface area contributed by atoms with E-state index < -0.39 is 0 Å². The molecular formula is C24H25N7O3. The first kappa shape index (κ1) is 21.6. The molecule has 4 aromatic rings. The Morgan fingerprint density at radius 2 is 1.74 bits per heavy atom. The lowest BCUT2D eigenvalue weighted by Gasteiger charge is -2.35. The zero-order chi connectivity index (χ0) is 23.5. The molecule has 0 saturated carbocycles. The first-order valence-corrected chi connectivity index (χ1v) is 11.0. The average Bonchev–Trinajstić information content (AvgIpc) is 3.31. The fraction of sp³-hybridized carbons (Fsp3) is 0.292. The van der Waals surface area contributed by atoms with Gasteiger partial charge < -0.3 is 19.3 Å². The van der Waals surface area contributed by atoms with Gasteiger partial charge in [-0.2, -0.15) is 0 Å². The number of anilines is 1. The number of aromatic nitrogens is 5. The van der Waals surface area contributed by atoms with Gasteiger partial charge in [0.15, 0.2) is 28.5 Å². The number of hydrogen-bond acceptors (Lipinski definition) is 8. The topological polar surface area (TPSA) is 98.5 Å². The second-order valence-electron chi connectivity index (χ2n) is 7.92. The van der Waals surface area contributed by atoms with E-state index in [1.54, 1.807) is 36.3 Å². The molecule has 1 amide bonds. The Morgan fingerprint density at radius 3 is 2.47 bits per heavy atom. The highest BCUT2D eigenvalue weighted by Gasteiger charge is 2.27. The minimum absolute atomic E-state index is 0.0861. The molecule has 5 rings (SSSR count). The Bertz CT molecular complexity index is 1300. The third kappa shape index (κ3) is 3.98. The summed E-state index contributed by atoms with van der Waals surface area (Å²) < 4.78 is 12.6. The number of benzene rings is 2. The highest BCUT2D eigenvalue weighted by molar-refractivity contribution is 5.98. The number of nitrogens with zero attached hydrogens (tertiary/aromatic N) is 7. The van der Waals surface area contributed by atoms with Crippen molar-refractivity contribution in [1.82, 2.24) is 29.9 Å². The molecule has 3 heterocycles. The second-order valence-corrected chi connectivity index (χ2v) is 7.92. The summed E-state index contributed by atoms with van der Waals surface area (Å²) in [5.41, 5.74) is 2.96. The Kier molecular flexibility index (Phi) is 5.94. The molecule has 2 aromatic carbocycles. The van der Waals surface area contributed by atoms with Crippen molar-refractivity contribution < 1.29 is 14.3 Å². The van der Waals surface area contributed by atoms with Crippen LogP contribution in [0, 0.1) is 0 Å². The van der Waals surface area contributed by atoms with Crippen LogP contribution in [0.2, 0.25) is 0 Å². The number of carbonyl (C=O) groups excluding carboxylic acids is 1. The fourth-order valence-corrected chi connectivity index (χ4v) is 4.22. The largest absolute Gasteiger partial charge is 0.493 e. The molecule has 1 aliphatic rings. The van der Waals surface area contributed by atoms with Crippen LogP contribution in [-0.2, 0) is 6.54 Å².